The Labute approximate surface area is 196 Å². The number of benzene rings is 1. The van der Waals surface area contributed by atoms with E-state index in [0.29, 0.717) is 0 Å². The topological polar surface area (TPSA) is 36.2 Å². The molecular weight excluding hydrogens is 394 g/mol. The smallest absolute Gasteiger partial charge is 0.180 e. The SMILES string of the molecule is CCCCCCCCCCCCCCCCOc1ccc(C=Cc2cc[n+]([O-])cc2)cc1. The van der Waals surface area contributed by atoms with Gasteiger partial charge in [0.1, 0.15) is 5.75 Å². The molecule has 2 aromatic rings. The van der Waals surface area contributed by atoms with Crippen LogP contribution in [0.5, 0.6) is 5.75 Å². The van der Waals surface area contributed by atoms with Crippen LogP contribution < -0.4 is 9.47 Å². The summed E-state index contributed by atoms with van der Waals surface area (Å²) in [6.07, 6.45) is 26.3. The van der Waals surface area contributed by atoms with E-state index in [-0.39, 0.29) is 0 Å². The Morgan fingerprint density at radius 1 is 0.625 bits per heavy atom. The molecule has 1 heterocycles. The van der Waals surface area contributed by atoms with Gasteiger partial charge < -0.3 is 9.94 Å². The third-order valence-corrected chi connectivity index (χ3v) is 5.94. The summed E-state index contributed by atoms with van der Waals surface area (Å²) in [6.45, 7) is 3.08. The van der Waals surface area contributed by atoms with E-state index in [9.17, 15) is 5.21 Å². The fourth-order valence-corrected chi connectivity index (χ4v) is 3.89. The standard InChI is InChI=1S/C29H43NO2/c1-2-3-4-5-6-7-8-9-10-11-12-13-14-15-26-32-29-20-18-27(19-21-29)16-17-28-22-24-30(31)25-23-28/h16-25H,2-15,26H2,1H3. The van der Waals surface area contributed by atoms with Gasteiger partial charge in [-0.15, -0.1) is 0 Å². The molecule has 0 saturated carbocycles. The van der Waals surface area contributed by atoms with Crippen molar-refractivity contribution < 1.29 is 9.47 Å². The summed E-state index contributed by atoms with van der Waals surface area (Å²) in [5.74, 6) is 0.934. The van der Waals surface area contributed by atoms with Gasteiger partial charge in [0.2, 0.25) is 0 Å². The largest absolute Gasteiger partial charge is 0.619 e. The van der Waals surface area contributed by atoms with Crippen LogP contribution in [-0.2, 0) is 0 Å². The zero-order valence-electron chi connectivity index (χ0n) is 20.1. The van der Waals surface area contributed by atoms with Crippen molar-refractivity contribution in [3.8, 4) is 5.75 Å². The molecule has 32 heavy (non-hydrogen) atoms. The number of hydrogen-bond acceptors (Lipinski definition) is 2. The Morgan fingerprint density at radius 3 is 1.56 bits per heavy atom. The third-order valence-electron chi connectivity index (χ3n) is 5.94. The van der Waals surface area contributed by atoms with Crippen LogP contribution in [0.4, 0.5) is 0 Å². The van der Waals surface area contributed by atoms with Crippen LogP contribution in [0.15, 0.2) is 48.8 Å². The molecule has 0 bridgehead atoms. The highest BCUT2D eigenvalue weighted by Crippen LogP contribution is 2.16. The second-order valence-electron chi connectivity index (χ2n) is 8.84. The number of unbranched alkanes of at least 4 members (excludes halogenated alkanes) is 13. The van der Waals surface area contributed by atoms with E-state index in [4.69, 9.17) is 4.74 Å². The molecule has 3 nitrogen and oxygen atoms in total. The number of hydrogen-bond donors (Lipinski definition) is 0. The van der Waals surface area contributed by atoms with Gasteiger partial charge in [-0.2, -0.15) is 4.73 Å². The Balaban J connectivity index is 1.43. The van der Waals surface area contributed by atoms with Gasteiger partial charge in [-0.3, -0.25) is 0 Å². The van der Waals surface area contributed by atoms with Crippen LogP contribution in [0.2, 0.25) is 0 Å². The predicted molar refractivity (Wildman–Crippen MR) is 137 cm³/mol. The minimum atomic E-state index is 0.793. The molecule has 0 amide bonds. The normalized spacial score (nSPS) is 11.3. The van der Waals surface area contributed by atoms with Crippen molar-refractivity contribution in [3.63, 3.8) is 0 Å². The van der Waals surface area contributed by atoms with Crippen LogP contribution in [-0.4, -0.2) is 6.61 Å². The lowest BCUT2D eigenvalue weighted by atomic mass is 10.0. The Bertz CT molecular complexity index is 722. The summed E-state index contributed by atoms with van der Waals surface area (Å²) in [4.78, 5) is 0. The molecule has 0 radical (unpaired) electrons. The summed E-state index contributed by atoms with van der Waals surface area (Å²) >= 11 is 0. The maximum absolute atomic E-state index is 11.1. The van der Waals surface area contributed by atoms with Crippen LogP contribution in [0.25, 0.3) is 12.2 Å². The van der Waals surface area contributed by atoms with Crippen molar-refractivity contribution in [1.82, 2.24) is 0 Å². The van der Waals surface area contributed by atoms with Gasteiger partial charge in [-0.25, -0.2) is 0 Å². The Hall–Kier alpha value is -2.29. The van der Waals surface area contributed by atoms with Crippen molar-refractivity contribution >= 4 is 12.2 Å². The van der Waals surface area contributed by atoms with Gasteiger partial charge >= 0.3 is 0 Å². The first kappa shape index (κ1) is 26.0. The molecule has 0 aliphatic carbocycles. The van der Waals surface area contributed by atoms with E-state index in [0.717, 1.165) is 34.6 Å². The number of rotatable bonds is 18. The highest BCUT2D eigenvalue weighted by Gasteiger charge is 1.97. The Morgan fingerprint density at radius 2 is 1.06 bits per heavy atom. The number of pyridine rings is 1. The molecule has 176 valence electrons. The van der Waals surface area contributed by atoms with E-state index >= 15 is 0 Å². The lowest BCUT2D eigenvalue weighted by Gasteiger charge is -2.07. The van der Waals surface area contributed by atoms with Crippen LogP contribution in [0.1, 0.15) is 108 Å². The Kier molecular flexibility index (Phi) is 14.0. The highest BCUT2D eigenvalue weighted by molar-refractivity contribution is 5.69. The number of nitrogens with zero attached hydrogens (tertiary/aromatic N) is 1. The molecule has 3 heteroatoms. The highest BCUT2D eigenvalue weighted by atomic mass is 16.5. The first-order valence-corrected chi connectivity index (χ1v) is 12.9. The maximum atomic E-state index is 11.1. The molecular formula is C29H43NO2. The summed E-state index contributed by atoms with van der Waals surface area (Å²) in [5, 5.41) is 11.1. The fraction of sp³-hybridized carbons (Fsp3) is 0.552. The second-order valence-corrected chi connectivity index (χ2v) is 8.84. The average Bonchev–Trinajstić information content (AvgIpc) is 2.82. The summed E-state index contributed by atoms with van der Waals surface area (Å²) < 4.78 is 6.68. The van der Waals surface area contributed by atoms with Gasteiger partial charge in [0.15, 0.2) is 12.4 Å². The fourth-order valence-electron chi connectivity index (χ4n) is 3.89. The van der Waals surface area contributed by atoms with Crippen LogP contribution in [0.3, 0.4) is 0 Å². The van der Waals surface area contributed by atoms with Crippen molar-refractivity contribution in [2.24, 2.45) is 0 Å². The van der Waals surface area contributed by atoms with Gasteiger partial charge in [0.05, 0.1) is 6.61 Å². The molecule has 0 aliphatic heterocycles. The van der Waals surface area contributed by atoms with E-state index in [2.05, 4.69) is 19.1 Å². The minimum Gasteiger partial charge on any atom is -0.619 e. The van der Waals surface area contributed by atoms with Gasteiger partial charge in [0, 0.05) is 12.1 Å². The van der Waals surface area contributed by atoms with Crippen molar-refractivity contribution in [3.05, 3.63) is 65.1 Å². The van der Waals surface area contributed by atoms with Gasteiger partial charge in [-0.05, 0) is 29.7 Å². The summed E-state index contributed by atoms with van der Waals surface area (Å²) in [7, 11) is 0. The van der Waals surface area contributed by atoms with E-state index in [1.54, 1.807) is 12.1 Å². The molecule has 0 unspecified atom stereocenters. The van der Waals surface area contributed by atoms with E-state index in [1.165, 1.54) is 95.9 Å². The molecule has 1 aromatic carbocycles. The first-order chi connectivity index (χ1) is 15.8. The molecule has 0 spiro atoms. The summed E-state index contributed by atoms with van der Waals surface area (Å²) in [6, 6.07) is 11.8. The third kappa shape index (κ3) is 12.5. The number of aromatic nitrogens is 1. The van der Waals surface area contributed by atoms with Crippen LogP contribution in [0, 0.1) is 5.21 Å². The zero-order chi connectivity index (χ0) is 22.7. The molecule has 0 aliphatic rings. The quantitative estimate of drug-likeness (QED) is 0.133. The molecule has 0 N–H and O–H groups in total. The van der Waals surface area contributed by atoms with Crippen molar-refractivity contribution in [1.29, 1.82) is 0 Å². The average molecular weight is 438 g/mol. The first-order valence-electron chi connectivity index (χ1n) is 12.9. The predicted octanol–water partition coefficient (Wildman–Crippen LogP) is 8.35. The van der Waals surface area contributed by atoms with Crippen LogP contribution >= 0.6 is 0 Å². The molecule has 0 fully saturated rings. The zero-order valence-corrected chi connectivity index (χ0v) is 20.1. The number of ether oxygens (including phenoxy) is 1. The molecule has 1 aromatic heterocycles. The molecule has 2 rings (SSSR count). The summed E-state index contributed by atoms with van der Waals surface area (Å²) in [5.41, 5.74) is 2.13. The van der Waals surface area contributed by atoms with Gasteiger partial charge in [-0.1, -0.05) is 115 Å². The maximum Gasteiger partial charge on any atom is 0.180 e. The van der Waals surface area contributed by atoms with E-state index in [1.807, 2.05) is 24.3 Å². The van der Waals surface area contributed by atoms with E-state index < -0.39 is 0 Å². The molecule has 0 atom stereocenters. The lowest BCUT2D eigenvalue weighted by molar-refractivity contribution is -0.605. The van der Waals surface area contributed by atoms with Crippen molar-refractivity contribution in [2.45, 2.75) is 96.8 Å². The molecule has 0 saturated heterocycles. The lowest BCUT2D eigenvalue weighted by Crippen LogP contribution is -2.23. The van der Waals surface area contributed by atoms with Gasteiger partial charge in [0.25, 0.3) is 0 Å². The second kappa shape index (κ2) is 17.3. The minimum absolute atomic E-state index is 0.793. The monoisotopic (exact) mass is 437 g/mol. The van der Waals surface area contributed by atoms with Crippen molar-refractivity contribution in [2.75, 3.05) is 6.61 Å².